The summed E-state index contributed by atoms with van der Waals surface area (Å²) in [6.07, 6.45) is 0.117. The number of amides is 1. The zero-order chi connectivity index (χ0) is 17.9. The molecule has 128 valence electrons. The van der Waals surface area contributed by atoms with E-state index in [0.29, 0.717) is 21.3 Å². The molecule has 4 nitrogen and oxygen atoms in total. The van der Waals surface area contributed by atoms with Gasteiger partial charge in [-0.15, -0.1) is 0 Å². The number of halogens is 2. The van der Waals surface area contributed by atoms with Crippen LogP contribution in [0.3, 0.4) is 0 Å². The molecule has 0 spiro atoms. The summed E-state index contributed by atoms with van der Waals surface area (Å²) in [5, 5.41) is 3.09. The minimum atomic E-state index is -3.31. The number of rotatable bonds is 5. The van der Waals surface area contributed by atoms with Crippen molar-refractivity contribution in [2.75, 3.05) is 5.32 Å². The van der Waals surface area contributed by atoms with Crippen LogP contribution >= 0.6 is 23.2 Å². The second kappa shape index (κ2) is 7.55. The summed E-state index contributed by atoms with van der Waals surface area (Å²) in [4.78, 5) is 12.3. The fourth-order valence-corrected chi connectivity index (χ4v) is 3.67. The van der Waals surface area contributed by atoms with E-state index in [2.05, 4.69) is 5.32 Å². The summed E-state index contributed by atoms with van der Waals surface area (Å²) in [6.45, 7) is 3.26. The van der Waals surface area contributed by atoms with Crippen LogP contribution in [0.4, 0.5) is 5.69 Å². The van der Waals surface area contributed by atoms with Gasteiger partial charge in [-0.1, -0.05) is 35.3 Å². The number of hydrogen-bond donors (Lipinski definition) is 1. The molecule has 0 heterocycles. The first-order valence-electron chi connectivity index (χ1n) is 7.27. The zero-order valence-corrected chi connectivity index (χ0v) is 15.5. The molecular weight excluding hydrogens is 369 g/mol. The van der Waals surface area contributed by atoms with Crippen LogP contribution in [0.15, 0.2) is 47.4 Å². The lowest BCUT2D eigenvalue weighted by Gasteiger charge is -2.09. The second-order valence-corrected chi connectivity index (χ2v) is 9.00. The van der Waals surface area contributed by atoms with Crippen molar-refractivity contribution in [3.8, 4) is 0 Å². The Morgan fingerprint density at radius 3 is 2.08 bits per heavy atom. The molecule has 0 aromatic heterocycles. The van der Waals surface area contributed by atoms with Gasteiger partial charge in [-0.25, -0.2) is 8.42 Å². The fourth-order valence-electron chi connectivity index (χ4n) is 2.09. The molecule has 0 aliphatic heterocycles. The molecule has 0 saturated carbocycles. The quantitative estimate of drug-likeness (QED) is 0.831. The predicted molar refractivity (Wildman–Crippen MR) is 97.6 cm³/mol. The molecule has 1 amide bonds. The Morgan fingerprint density at radius 2 is 1.58 bits per heavy atom. The first-order valence-corrected chi connectivity index (χ1v) is 9.57. The number of carbonyl (C=O) groups is 1. The van der Waals surface area contributed by atoms with Crippen molar-refractivity contribution in [3.05, 3.63) is 58.1 Å². The van der Waals surface area contributed by atoms with Gasteiger partial charge in [-0.05, 0) is 49.7 Å². The molecule has 2 rings (SSSR count). The van der Waals surface area contributed by atoms with E-state index in [1.54, 1.807) is 44.2 Å². The van der Waals surface area contributed by atoms with Crippen molar-refractivity contribution in [3.63, 3.8) is 0 Å². The molecule has 0 aliphatic carbocycles. The summed E-state index contributed by atoms with van der Waals surface area (Å²) in [6, 6.07) is 11.1. The van der Waals surface area contributed by atoms with E-state index in [0.717, 1.165) is 0 Å². The number of nitrogens with one attached hydrogen (secondary N) is 1. The molecule has 1 N–H and O–H groups in total. The van der Waals surface area contributed by atoms with Gasteiger partial charge in [-0.2, -0.15) is 0 Å². The number of carbonyl (C=O) groups excluding carboxylic acids is 1. The van der Waals surface area contributed by atoms with E-state index < -0.39 is 15.1 Å². The van der Waals surface area contributed by atoms with Gasteiger partial charge in [0.15, 0.2) is 9.84 Å². The van der Waals surface area contributed by atoms with E-state index in [1.165, 1.54) is 12.1 Å². The van der Waals surface area contributed by atoms with Crippen molar-refractivity contribution < 1.29 is 13.2 Å². The lowest BCUT2D eigenvalue weighted by atomic mass is 10.1. The molecule has 0 saturated heterocycles. The smallest absolute Gasteiger partial charge is 0.228 e. The van der Waals surface area contributed by atoms with Crippen LogP contribution < -0.4 is 5.32 Å². The Kier molecular flexibility index (Phi) is 5.91. The van der Waals surface area contributed by atoms with E-state index in [-0.39, 0.29) is 17.2 Å². The highest BCUT2D eigenvalue weighted by Crippen LogP contribution is 2.23. The SMILES string of the molecule is CC(C)S(=O)(=O)c1ccc(CC(=O)Nc2cc(Cl)cc(Cl)c2)cc1. The van der Waals surface area contributed by atoms with Gasteiger partial charge in [0.1, 0.15) is 0 Å². The second-order valence-electron chi connectivity index (χ2n) is 5.62. The molecule has 0 atom stereocenters. The van der Waals surface area contributed by atoms with Crippen LogP contribution in [0, 0.1) is 0 Å². The maximum Gasteiger partial charge on any atom is 0.228 e. The molecule has 0 bridgehead atoms. The third-order valence-corrected chi connectivity index (χ3v) is 5.99. The molecule has 0 aliphatic rings. The molecule has 0 radical (unpaired) electrons. The highest BCUT2D eigenvalue weighted by Gasteiger charge is 2.18. The van der Waals surface area contributed by atoms with E-state index >= 15 is 0 Å². The van der Waals surface area contributed by atoms with Gasteiger partial charge in [0.05, 0.1) is 16.6 Å². The van der Waals surface area contributed by atoms with Crippen molar-refractivity contribution >= 4 is 44.6 Å². The Balaban J connectivity index is 2.07. The van der Waals surface area contributed by atoms with Crippen LogP contribution in [-0.2, 0) is 21.1 Å². The van der Waals surface area contributed by atoms with Crippen LogP contribution in [0.1, 0.15) is 19.4 Å². The monoisotopic (exact) mass is 385 g/mol. The van der Waals surface area contributed by atoms with Gasteiger partial charge in [0.25, 0.3) is 0 Å². The normalized spacial score (nSPS) is 11.5. The molecule has 0 unspecified atom stereocenters. The minimum Gasteiger partial charge on any atom is -0.326 e. The fraction of sp³-hybridized carbons (Fsp3) is 0.235. The van der Waals surface area contributed by atoms with Gasteiger partial charge < -0.3 is 5.32 Å². The first-order chi connectivity index (χ1) is 11.2. The molecule has 7 heteroatoms. The summed E-state index contributed by atoms with van der Waals surface area (Å²) in [7, 11) is -3.31. The minimum absolute atomic E-state index is 0.117. The Hall–Kier alpha value is -1.56. The van der Waals surface area contributed by atoms with Gasteiger partial charge in [0, 0.05) is 15.7 Å². The summed E-state index contributed by atoms with van der Waals surface area (Å²) < 4.78 is 24.1. The maximum absolute atomic E-state index is 12.1. The standard InChI is InChI=1S/C17H17Cl2NO3S/c1-11(2)24(22,23)16-5-3-12(4-6-16)7-17(21)20-15-9-13(18)8-14(19)10-15/h3-6,8-11H,7H2,1-2H3,(H,20,21). The Labute approximate surface area is 151 Å². The zero-order valence-electron chi connectivity index (χ0n) is 13.2. The third kappa shape index (κ3) is 4.72. The van der Waals surface area contributed by atoms with E-state index in [1.807, 2.05) is 0 Å². The molecule has 0 fully saturated rings. The Bertz CT molecular complexity index is 826. The highest BCUT2D eigenvalue weighted by molar-refractivity contribution is 7.92. The molecule has 2 aromatic carbocycles. The van der Waals surface area contributed by atoms with Crippen molar-refractivity contribution in [2.45, 2.75) is 30.4 Å². The van der Waals surface area contributed by atoms with Crippen molar-refractivity contribution in [1.29, 1.82) is 0 Å². The Morgan fingerprint density at radius 1 is 1.04 bits per heavy atom. The average molecular weight is 386 g/mol. The van der Waals surface area contributed by atoms with Gasteiger partial charge in [0.2, 0.25) is 5.91 Å². The average Bonchev–Trinajstić information content (AvgIpc) is 2.46. The molecule has 24 heavy (non-hydrogen) atoms. The van der Waals surface area contributed by atoms with E-state index in [4.69, 9.17) is 23.2 Å². The lowest BCUT2D eigenvalue weighted by molar-refractivity contribution is -0.115. The van der Waals surface area contributed by atoms with Gasteiger partial charge in [-0.3, -0.25) is 4.79 Å². The maximum atomic E-state index is 12.1. The summed E-state index contributed by atoms with van der Waals surface area (Å²) in [5.41, 5.74) is 1.22. The number of hydrogen-bond acceptors (Lipinski definition) is 3. The van der Waals surface area contributed by atoms with E-state index in [9.17, 15) is 13.2 Å². The first kappa shape index (κ1) is 18.8. The number of sulfone groups is 1. The summed E-state index contributed by atoms with van der Waals surface area (Å²) >= 11 is 11.8. The van der Waals surface area contributed by atoms with Crippen LogP contribution in [0.5, 0.6) is 0 Å². The largest absolute Gasteiger partial charge is 0.326 e. The van der Waals surface area contributed by atoms with Gasteiger partial charge >= 0.3 is 0 Å². The molecular formula is C17H17Cl2NO3S. The number of anilines is 1. The van der Waals surface area contributed by atoms with Crippen LogP contribution in [0.2, 0.25) is 10.0 Å². The topological polar surface area (TPSA) is 63.2 Å². The van der Waals surface area contributed by atoms with Crippen molar-refractivity contribution in [1.82, 2.24) is 0 Å². The number of benzene rings is 2. The summed E-state index contributed by atoms with van der Waals surface area (Å²) in [5.74, 6) is -0.243. The van der Waals surface area contributed by atoms with Crippen molar-refractivity contribution in [2.24, 2.45) is 0 Å². The van der Waals surface area contributed by atoms with Crippen LogP contribution in [-0.4, -0.2) is 19.6 Å². The highest BCUT2D eigenvalue weighted by atomic mass is 35.5. The predicted octanol–water partition coefficient (Wildman–Crippen LogP) is 4.36. The third-order valence-electron chi connectivity index (χ3n) is 3.38. The molecule has 2 aromatic rings. The lowest BCUT2D eigenvalue weighted by Crippen LogP contribution is -2.15. The van der Waals surface area contributed by atoms with Crippen LogP contribution in [0.25, 0.3) is 0 Å².